The molecule has 1 atom stereocenters. The lowest BCUT2D eigenvalue weighted by Gasteiger charge is -2.10. The molecule has 2 aromatic rings. The number of halogens is 1. The summed E-state index contributed by atoms with van der Waals surface area (Å²) in [4.78, 5) is 18.1. The Morgan fingerprint density at radius 2 is 2.48 bits per heavy atom. The van der Waals surface area contributed by atoms with Crippen molar-refractivity contribution in [3.05, 3.63) is 35.2 Å². The van der Waals surface area contributed by atoms with E-state index in [9.17, 15) is 4.79 Å². The van der Waals surface area contributed by atoms with Gasteiger partial charge in [0.05, 0.1) is 0 Å². The highest BCUT2D eigenvalue weighted by molar-refractivity contribution is 6.30. The lowest BCUT2D eigenvalue weighted by Crippen LogP contribution is -2.30. The molecule has 1 aliphatic rings. The van der Waals surface area contributed by atoms with Crippen LogP contribution in [0.5, 0.6) is 0 Å². The van der Waals surface area contributed by atoms with Crippen LogP contribution in [0.4, 0.5) is 0 Å². The van der Waals surface area contributed by atoms with Crippen molar-refractivity contribution in [3.8, 4) is 6.19 Å². The van der Waals surface area contributed by atoms with Crippen LogP contribution in [0.15, 0.2) is 24.5 Å². The maximum atomic E-state index is 12.1. The zero-order valence-electron chi connectivity index (χ0n) is 11.3. The maximum absolute atomic E-state index is 12.1. The minimum atomic E-state index is -0.203. The van der Waals surface area contributed by atoms with Crippen molar-refractivity contribution in [3.63, 3.8) is 0 Å². The molecular formula is C14H14ClN5O. The summed E-state index contributed by atoms with van der Waals surface area (Å²) < 4.78 is 1.76. The Labute approximate surface area is 126 Å². The summed E-state index contributed by atoms with van der Waals surface area (Å²) in [7, 11) is 0. The van der Waals surface area contributed by atoms with Crippen LogP contribution in [0.1, 0.15) is 16.9 Å². The van der Waals surface area contributed by atoms with Crippen molar-refractivity contribution >= 4 is 23.2 Å². The minimum Gasteiger partial charge on any atom is -0.350 e. The number of nitriles is 1. The highest BCUT2D eigenvalue weighted by atomic mass is 35.5. The molecule has 1 saturated heterocycles. The molecule has 7 heteroatoms. The minimum absolute atomic E-state index is 0.203. The van der Waals surface area contributed by atoms with E-state index in [0.29, 0.717) is 35.4 Å². The molecule has 0 saturated carbocycles. The van der Waals surface area contributed by atoms with Crippen LogP contribution >= 0.6 is 11.6 Å². The second-order valence-electron chi connectivity index (χ2n) is 5.15. The van der Waals surface area contributed by atoms with Gasteiger partial charge in [0, 0.05) is 43.1 Å². The smallest absolute Gasteiger partial charge is 0.271 e. The number of carbonyl (C=O) groups excluding carboxylic acids is 1. The summed E-state index contributed by atoms with van der Waals surface area (Å²) in [5.41, 5.74) is 1.01. The first-order valence-electron chi connectivity index (χ1n) is 6.73. The number of pyridine rings is 1. The van der Waals surface area contributed by atoms with E-state index in [1.165, 1.54) is 0 Å². The number of nitrogens with one attached hydrogen (secondary N) is 1. The zero-order chi connectivity index (χ0) is 14.8. The van der Waals surface area contributed by atoms with E-state index in [-0.39, 0.29) is 5.91 Å². The van der Waals surface area contributed by atoms with Gasteiger partial charge in [-0.3, -0.25) is 4.79 Å². The number of likely N-dealkylation sites (tertiary alicyclic amines) is 1. The van der Waals surface area contributed by atoms with Gasteiger partial charge in [0.25, 0.3) is 5.91 Å². The van der Waals surface area contributed by atoms with Crippen molar-refractivity contribution in [2.75, 3.05) is 19.6 Å². The number of imidazole rings is 1. The monoisotopic (exact) mass is 303 g/mol. The van der Waals surface area contributed by atoms with Gasteiger partial charge in [-0.25, -0.2) is 4.98 Å². The van der Waals surface area contributed by atoms with Gasteiger partial charge < -0.3 is 14.6 Å². The SMILES string of the molecule is N#CN1CCC(CNC(=O)c2cn3ccc(Cl)cc3n2)C1. The van der Waals surface area contributed by atoms with Crippen LogP contribution in [-0.2, 0) is 0 Å². The molecule has 3 heterocycles. The molecule has 3 rings (SSSR count). The first-order chi connectivity index (χ1) is 10.2. The van der Waals surface area contributed by atoms with Crippen LogP contribution in [0.25, 0.3) is 5.65 Å². The van der Waals surface area contributed by atoms with Crippen LogP contribution in [-0.4, -0.2) is 39.8 Å². The van der Waals surface area contributed by atoms with E-state index >= 15 is 0 Å². The Hall–Kier alpha value is -2.26. The molecule has 2 aromatic heterocycles. The lowest BCUT2D eigenvalue weighted by atomic mass is 10.1. The molecule has 0 spiro atoms. The second kappa shape index (κ2) is 5.62. The highest BCUT2D eigenvalue weighted by Crippen LogP contribution is 2.15. The third kappa shape index (κ3) is 2.93. The fraction of sp³-hybridized carbons (Fsp3) is 0.357. The van der Waals surface area contributed by atoms with Crippen LogP contribution in [0.3, 0.4) is 0 Å². The molecule has 1 amide bonds. The third-order valence-electron chi connectivity index (χ3n) is 3.63. The molecule has 1 fully saturated rings. The van der Waals surface area contributed by atoms with E-state index in [1.807, 2.05) is 0 Å². The Bertz CT molecular complexity index is 720. The second-order valence-corrected chi connectivity index (χ2v) is 5.58. The Morgan fingerprint density at radius 3 is 3.24 bits per heavy atom. The number of hydrogen-bond donors (Lipinski definition) is 1. The summed E-state index contributed by atoms with van der Waals surface area (Å²) in [6.45, 7) is 2.03. The van der Waals surface area contributed by atoms with Crippen molar-refractivity contribution < 1.29 is 4.79 Å². The van der Waals surface area contributed by atoms with Crippen LogP contribution < -0.4 is 5.32 Å². The van der Waals surface area contributed by atoms with Crippen molar-refractivity contribution in [1.82, 2.24) is 19.6 Å². The van der Waals surface area contributed by atoms with Gasteiger partial charge in [0.2, 0.25) is 0 Å². The molecule has 6 nitrogen and oxygen atoms in total. The first-order valence-corrected chi connectivity index (χ1v) is 7.10. The largest absolute Gasteiger partial charge is 0.350 e. The number of rotatable bonds is 3. The topological polar surface area (TPSA) is 73.4 Å². The van der Waals surface area contributed by atoms with Gasteiger partial charge in [0.15, 0.2) is 6.19 Å². The summed E-state index contributed by atoms with van der Waals surface area (Å²) in [6.07, 6.45) is 6.50. The Kier molecular flexibility index (Phi) is 3.67. The van der Waals surface area contributed by atoms with Crippen molar-refractivity contribution in [2.45, 2.75) is 6.42 Å². The normalized spacial score (nSPS) is 17.9. The summed E-state index contributed by atoms with van der Waals surface area (Å²) in [5.74, 6) is 0.116. The van der Waals surface area contributed by atoms with E-state index in [0.717, 1.165) is 13.0 Å². The lowest BCUT2D eigenvalue weighted by molar-refractivity contribution is 0.0943. The quantitative estimate of drug-likeness (QED) is 0.873. The highest BCUT2D eigenvalue weighted by Gasteiger charge is 2.22. The predicted octanol–water partition coefficient (Wildman–Crippen LogP) is 1.52. The molecule has 1 aliphatic heterocycles. The zero-order valence-corrected chi connectivity index (χ0v) is 12.0. The number of aromatic nitrogens is 2. The van der Waals surface area contributed by atoms with Gasteiger partial charge in [-0.2, -0.15) is 5.26 Å². The van der Waals surface area contributed by atoms with Gasteiger partial charge in [0.1, 0.15) is 11.3 Å². The maximum Gasteiger partial charge on any atom is 0.271 e. The first kappa shape index (κ1) is 13.7. The number of nitrogens with zero attached hydrogens (tertiary/aromatic N) is 4. The Morgan fingerprint density at radius 1 is 1.62 bits per heavy atom. The van der Waals surface area contributed by atoms with Gasteiger partial charge in [-0.05, 0) is 18.4 Å². The number of fused-ring (bicyclic) bond motifs is 1. The average Bonchev–Trinajstić information content (AvgIpc) is 3.10. The molecular weight excluding hydrogens is 290 g/mol. The standard InChI is InChI=1S/C14H14ClN5O/c15-11-2-4-20-8-12(18-13(20)5-11)14(21)17-6-10-1-3-19(7-10)9-16/h2,4-5,8,10H,1,3,6-7H2,(H,17,21). The predicted molar refractivity (Wildman–Crippen MR) is 77.8 cm³/mol. The van der Waals surface area contributed by atoms with E-state index in [2.05, 4.69) is 16.5 Å². The van der Waals surface area contributed by atoms with Crippen LogP contribution in [0, 0.1) is 17.4 Å². The average molecular weight is 304 g/mol. The fourth-order valence-corrected chi connectivity index (χ4v) is 2.64. The summed E-state index contributed by atoms with van der Waals surface area (Å²) >= 11 is 5.90. The number of hydrogen-bond acceptors (Lipinski definition) is 4. The fourth-order valence-electron chi connectivity index (χ4n) is 2.48. The third-order valence-corrected chi connectivity index (χ3v) is 3.87. The van der Waals surface area contributed by atoms with E-state index in [4.69, 9.17) is 16.9 Å². The van der Waals surface area contributed by atoms with E-state index < -0.39 is 0 Å². The van der Waals surface area contributed by atoms with Crippen molar-refractivity contribution in [1.29, 1.82) is 5.26 Å². The molecule has 108 valence electrons. The van der Waals surface area contributed by atoms with E-state index in [1.54, 1.807) is 33.8 Å². The number of amides is 1. The molecule has 0 aromatic carbocycles. The number of carbonyl (C=O) groups is 1. The summed E-state index contributed by atoms with van der Waals surface area (Å²) in [6, 6.07) is 3.45. The molecule has 0 aliphatic carbocycles. The van der Waals surface area contributed by atoms with Crippen LogP contribution in [0.2, 0.25) is 5.02 Å². The molecule has 0 radical (unpaired) electrons. The van der Waals surface area contributed by atoms with Gasteiger partial charge >= 0.3 is 0 Å². The molecule has 0 bridgehead atoms. The Balaban J connectivity index is 1.63. The van der Waals surface area contributed by atoms with Gasteiger partial charge in [-0.1, -0.05) is 11.6 Å². The summed E-state index contributed by atoms with van der Waals surface area (Å²) in [5, 5.41) is 12.3. The molecule has 1 N–H and O–H groups in total. The molecule has 1 unspecified atom stereocenters. The molecule has 21 heavy (non-hydrogen) atoms. The van der Waals surface area contributed by atoms with Crippen molar-refractivity contribution in [2.24, 2.45) is 5.92 Å². The van der Waals surface area contributed by atoms with Gasteiger partial charge in [-0.15, -0.1) is 0 Å².